The molecule has 0 spiro atoms. The minimum Gasteiger partial charge on any atom is -0.512 e. The zero-order chi connectivity index (χ0) is 31.8. The number of hydrogen-bond donors (Lipinski definition) is 1. The van der Waals surface area contributed by atoms with Crippen molar-refractivity contribution in [3.63, 3.8) is 0 Å². The summed E-state index contributed by atoms with van der Waals surface area (Å²) in [5, 5.41) is 11.5. The van der Waals surface area contributed by atoms with Crippen LogP contribution < -0.4 is 0 Å². The van der Waals surface area contributed by atoms with Gasteiger partial charge in [0, 0.05) is 42.4 Å². The number of nitrogens with zero attached hydrogens (tertiary/aromatic N) is 1. The van der Waals surface area contributed by atoms with E-state index in [0.29, 0.717) is 17.8 Å². The molecule has 1 aromatic heterocycles. The first-order valence-corrected chi connectivity index (χ1v) is 15.9. The van der Waals surface area contributed by atoms with E-state index >= 15 is 0 Å². The Hall–Kier alpha value is -2.29. The van der Waals surface area contributed by atoms with Crippen LogP contribution in [-0.2, 0) is 24.9 Å². The molecule has 1 radical (unpaired) electrons. The van der Waals surface area contributed by atoms with Gasteiger partial charge in [-0.15, -0.1) is 34.9 Å². The molecule has 0 aliphatic heterocycles. The summed E-state index contributed by atoms with van der Waals surface area (Å²) in [6.45, 7) is 25.1. The van der Waals surface area contributed by atoms with Crippen molar-refractivity contribution < 1.29 is 30.0 Å². The predicted octanol–water partition coefficient (Wildman–Crippen LogP) is 11.4. The van der Waals surface area contributed by atoms with Crippen LogP contribution in [0.25, 0.3) is 22.2 Å². The number of hydrogen-bond acceptors (Lipinski definition) is 3. The molecule has 0 aliphatic rings. The van der Waals surface area contributed by atoms with Gasteiger partial charge in [0.15, 0.2) is 5.78 Å². The number of aliphatic hydroxyl groups is 1. The van der Waals surface area contributed by atoms with Crippen molar-refractivity contribution in [3.05, 3.63) is 77.1 Å². The standard InChI is InChI=1S/C22H24N.C17H32O2.Ir/c1-5-17(6-2)20-14-22(18-12-15(3)11-16(4)13-18)23-21-10-8-7-9-19(20)21;1-12(2)10-16(5,6)14(18)9-15(19)17(7,8)11-13(3)4;/h7-12,14,17H,5-6H2,1-4H3;9,12-13,18H,10-11H2,1-8H3;/q-1;;/b;14-9-;. The molecule has 0 saturated heterocycles. The van der Waals surface area contributed by atoms with Gasteiger partial charge in [-0.1, -0.05) is 107 Å². The number of pyridine rings is 1. The largest absolute Gasteiger partial charge is 0.512 e. The van der Waals surface area contributed by atoms with E-state index in [1.807, 2.05) is 27.7 Å². The molecule has 0 amide bonds. The third kappa shape index (κ3) is 11.3. The maximum atomic E-state index is 12.3. The van der Waals surface area contributed by atoms with Crippen molar-refractivity contribution >= 4 is 16.7 Å². The number of allylic oxidation sites excluding steroid dienone is 2. The topological polar surface area (TPSA) is 50.2 Å². The maximum absolute atomic E-state index is 12.3. The average Bonchev–Trinajstić information content (AvgIpc) is 2.87. The van der Waals surface area contributed by atoms with E-state index in [1.165, 1.54) is 28.2 Å². The molecular weight excluding hydrogens is 707 g/mol. The molecule has 0 bridgehead atoms. The first-order chi connectivity index (χ1) is 19.5. The van der Waals surface area contributed by atoms with Gasteiger partial charge in [0.25, 0.3) is 0 Å². The third-order valence-electron chi connectivity index (χ3n) is 8.06. The molecule has 4 heteroatoms. The number of aliphatic hydroxyl groups excluding tert-OH is 1. The van der Waals surface area contributed by atoms with Crippen LogP contribution in [0.4, 0.5) is 0 Å². The molecule has 1 heterocycles. The van der Waals surface area contributed by atoms with Crippen molar-refractivity contribution in [3.8, 4) is 11.3 Å². The number of carbonyl (C=O) groups is 1. The van der Waals surface area contributed by atoms with Gasteiger partial charge in [0.2, 0.25) is 0 Å². The summed E-state index contributed by atoms with van der Waals surface area (Å²) < 4.78 is 0. The minimum atomic E-state index is -0.407. The van der Waals surface area contributed by atoms with Crippen LogP contribution in [0.5, 0.6) is 0 Å². The number of carbonyl (C=O) groups excluding carboxylic acids is 1. The smallest absolute Gasteiger partial charge is 0.164 e. The zero-order valence-corrected chi connectivity index (χ0v) is 31.2. The number of rotatable bonds is 11. The minimum absolute atomic E-state index is 0. The van der Waals surface area contributed by atoms with E-state index < -0.39 is 5.41 Å². The molecule has 0 saturated carbocycles. The molecule has 0 atom stereocenters. The summed E-state index contributed by atoms with van der Waals surface area (Å²) in [4.78, 5) is 17.2. The van der Waals surface area contributed by atoms with Gasteiger partial charge in [0.05, 0.1) is 5.52 Å². The second-order valence-corrected chi connectivity index (χ2v) is 14.2. The second kappa shape index (κ2) is 16.7. The molecule has 239 valence electrons. The number of ketones is 1. The van der Waals surface area contributed by atoms with Crippen molar-refractivity contribution in [2.75, 3.05) is 0 Å². The van der Waals surface area contributed by atoms with Crippen LogP contribution in [0, 0.1) is 42.6 Å². The molecular formula is C39H56IrNO2-. The summed E-state index contributed by atoms with van der Waals surface area (Å²) in [5.41, 5.74) is 6.32. The van der Waals surface area contributed by atoms with Crippen LogP contribution in [0.3, 0.4) is 0 Å². The Kier molecular flexibility index (Phi) is 15.0. The third-order valence-corrected chi connectivity index (χ3v) is 8.06. The molecule has 1 N–H and O–H groups in total. The summed E-state index contributed by atoms with van der Waals surface area (Å²) in [6.07, 6.45) is 5.46. The van der Waals surface area contributed by atoms with Gasteiger partial charge in [-0.25, -0.2) is 0 Å². The van der Waals surface area contributed by atoms with Crippen LogP contribution >= 0.6 is 0 Å². The van der Waals surface area contributed by atoms with E-state index in [-0.39, 0.29) is 37.1 Å². The van der Waals surface area contributed by atoms with Gasteiger partial charge in [0.1, 0.15) is 5.76 Å². The number of benzene rings is 2. The average molecular weight is 763 g/mol. The number of fused-ring (bicyclic) bond motifs is 1. The van der Waals surface area contributed by atoms with E-state index in [2.05, 4.69) is 104 Å². The molecule has 3 rings (SSSR count). The number of aryl methyl sites for hydroxylation is 2. The zero-order valence-electron chi connectivity index (χ0n) is 28.8. The SMILES string of the molecule is CC(C)CC(C)(C)C(=O)/C=C(\O)C(C)(C)CC(C)C.CCC(CC)c1cc(-c2[c-]c(C)cc(C)c2)nc2ccccc12.[Ir]. The Morgan fingerprint density at radius 3 is 2.00 bits per heavy atom. The van der Waals surface area contributed by atoms with Crippen LogP contribution in [0.1, 0.15) is 118 Å². The van der Waals surface area contributed by atoms with Crippen LogP contribution in [0.15, 0.2) is 54.3 Å². The van der Waals surface area contributed by atoms with Crippen LogP contribution in [0.2, 0.25) is 0 Å². The maximum Gasteiger partial charge on any atom is 0.164 e. The van der Waals surface area contributed by atoms with Crippen molar-refractivity contribution in [2.24, 2.45) is 22.7 Å². The monoisotopic (exact) mass is 763 g/mol. The Morgan fingerprint density at radius 1 is 0.907 bits per heavy atom. The van der Waals surface area contributed by atoms with E-state index in [0.717, 1.165) is 42.5 Å². The summed E-state index contributed by atoms with van der Waals surface area (Å²) >= 11 is 0. The van der Waals surface area contributed by atoms with Crippen molar-refractivity contribution in [2.45, 2.75) is 115 Å². The molecule has 0 aliphatic carbocycles. The molecule has 3 nitrogen and oxygen atoms in total. The number of para-hydroxylation sites is 1. The van der Waals surface area contributed by atoms with Crippen molar-refractivity contribution in [1.82, 2.24) is 4.98 Å². The molecule has 43 heavy (non-hydrogen) atoms. The van der Waals surface area contributed by atoms with Gasteiger partial charge in [-0.2, -0.15) is 0 Å². The predicted molar refractivity (Wildman–Crippen MR) is 181 cm³/mol. The second-order valence-electron chi connectivity index (χ2n) is 14.2. The van der Waals surface area contributed by atoms with Gasteiger partial charge in [-0.05, 0) is 60.8 Å². The molecule has 0 unspecified atom stereocenters. The fraction of sp³-hybridized carbons (Fsp3) is 0.538. The van der Waals surface area contributed by atoms with Gasteiger partial charge >= 0.3 is 0 Å². The molecule has 3 aromatic rings. The Bertz CT molecular complexity index is 1340. The van der Waals surface area contributed by atoms with E-state index in [1.54, 1.807) is 0 Å². The van der Waals surface area contributed by atoms with E-state index in [4.69, 9.17) is 4.98 Å². The van der Waals surface area contributed by atoms with E-state index in [9.17, 15) is 9.90 Å². The quantitative estimate of drug-likeness (QED) is 0.120. The Morgan fingerprint density at radius 2 is 1.47 bits per heavy atom. The normalized spacial score (nSPS) is 12.4. The van der Waals surface area contributed by atoms with Crippen molar-refractivity contribution in [1.29, 1.82) is 0 Å². The summed E-state index contributed by atoms with van der Waals surface area (Å²) in [6, 6.07) is 18.6. The molecule has 0 fully saturated rings. The fourth-order valence-corrected chi connectivity index (χ4v) is 6.20. The Labute approximate surface area is 276 Å². The summed E-state index contributed by atoms with van der Waals surface area (Å²) in [7, 11) is 0. The summed E-state index contributed by atoms with van der Waals surface area (Å²) in [5.74, 6) is 1.77. The molecule has 2 aromatic carbocycles. The van der Waals surface area contributed by atoms with Crippen LogP contribution in [-0.4, -0.2) is 15.9 Å². The first-order valence-electron chi connectivity index (χ1n) is 15.9. The fourth-order valence-electron chi connectivity index (χ4n) is 6.20. The number of aromatic nitrogens is 1. The van der Waals surface area contributed by atoms with Gasteiger partial charge in [-0.3, -0.25) is 9.78 Å². The first kappa shape index (κ1) is 38.7. The Balaban J connectivity index is 0.000000430. The van der Waals surface area contributed by atoms with Gasteiger partial charge < -0.3 is 5.11 Å².